The average molecular weight is 372 g/mol. The standard InChI is InChI=1S/C12H8N2.HIO4/c1-3-9-5-6-11-10(4-2-7-13-11)12(9)14-8-1;2-1(3,4)5/h1-8H;2H. The molecule has 2 aromatic heterocycles. The Labute approximate surface area is 114 Å². The molecular weight excluding hydrogens is 363 g/mol. The van der Waals surface area contributed by atoms with Crippen LogP contribution >= 0.6 is 0 Å². The molecule has 3 aromatic rings. The van der Waals surface area contributed by atoms with E-state index in [1.165, 1.54) is 0 Å². The van der Waals surface area contributed by atoms with Crippen molar-refractivity contribution in [2.24, 2.45) is 0 Å². The van der Waals surface area contributed by atoms with Gasteiger partial charge >= 0.3 is 20.1 Å². The van der Waals surface area contributed by atoms with Crippen LogP contribution in [0, 0.1) is 0 Å². The van der Waals surface area contributed by atoms with Crippen molar-refractivity contribution < 1.29 is 33.8 Å². The fourth-order valence-electron chi connectivity index (χ4n) is 1.70. The van der Waals surface area contributed by atoms with Gasteiger partial charge in [-0.2, -0.15) is 0 Å². The van der Waals surface area contributed by atoms with Crippen LogP contribution in [0.1, 0.15) is 0 Å². The first-order valence-electron chi connectivity index (χ1n) is 5.17. The maximum absolute atomic E-state index is 8.73. The maximum Gasteiger partial charge on any atom is 0.368 e. The van der Waals surface area contributed by atoms with Crippen molar-refractivity contribution in [3.63, 3.8) is 0 Å². The summed E-state index contributed by atoms with van der Waals surface area (Å²) in [5, 5.41) is 2.28. The molecule has 6 nitrogen and oxygen atoms in total. The first-order chi connectivity index (χ1) is 8.95. The highest BCUT2D eigenvalue weighted by molar-refractivity contribution is 6.03. The van der Waals surface area contributed by atoms with Crippen LogP contribution in [-0.2, 0) is 0 Å². The number of benzene rings is 1. The molecule has 0 fully saturated rings. The molecule has 2 heterocycles. The van der Waals surface area contributed by atoms with E-state index in [9.17, 15) is 0 Å². The number of nitrogens with zero attached hydrogens (tertiary/aromatic N) is 2. The van der Waals surface area contributed by atoms with Gasteiger partial charge in [-0.1, -0.05) is 12.1 Å². The summed E-state index contributed by atoms with van der Waals surface area (Å²) in [6, 6.07) is 12.1. The maximum atomic E-state index is 8.73. The molecule has 3 rings (SSSR count). The van der Waals surface area contributed by atoms with Crippen LogP contribution in [0.5, 0.6) is 0 Å². The molecule has 0 saturated heterocycles. The van der Waals surface area contributed by atoms with Gasteiger partial charge in [0.1, 0.15) is 0 Å². The lowest BCUT2D eigenvalue weighted by Crippen LogP contribution is -4.23. The van der Waals surface area contributed by atoms with E-state index in [2.05, 4.69) is 28.2 Å². The fraction of sp³-hybridized carbons (Fsp3) is 0. The van der Waals surface area contributed by atoms with Gasteiger partial charge in [0.05, 0.1) is 11.0 Å². The van der Waals surface area contributed by atoms with E-state index >= 15 is 0 Å². The predicted molar refractivity (Wildman–Crippen MR) is 59.3 cm³/mol. The number of aromatic nitrogens is 2. The van der Waals surface area contributed by atoms with Gasteiger partial charge in [0.2, 0.25) is 0 Å². The third-order valence-corrected chi connectivity index (χ3v) is 2.35. The van der Waals surface area contributed by atoms with E-state index < -0.39 is 20.1 Å². The van der Waals surface area contributed by atoms with Gasteiger partial charge in [0, 0.05) is 26.6 Å². The molecule has 1 aromatic carbocycles. The topological polar surface area (TPSA) is 115 Å². The molecule has 98 valence electrons. The molecule has 0 atom stereocenters. The van der Waals surface area contributed by atoms with Crippen molar-refractivity contribution in [2.75, 3.05) is 0 Å². The molecule has 1 N–H and O–H groups in total. The van der Waals surface area contributed by atoms with Crippen molar-refractivity contribution in [2.45, 2.75) is 0 Å². The van der Waals surface area contributed by atoms with Gasteiger partial charge in [-0.3, -0.25) is 20.3 Å². The van der Waals surface area contributed by atoms with Crippen molar-refractivity contribution >= 4 is 21.8 Å². The third-order valence-electron chi connectivity index (χ3n) is 2.35. The van der Waals surface area contributed by atoms with Crippen LogP contribution in [-0.4, -0.2) is 13.4 Å². The van der Waals surface area contributed by atoms with Gasteiger partial charge in [0.25, 0.3) is 0 Å². The molecule has 0 aliphatic rings. The first-order valence-corrected chi connectivity index (χ1v) is 8.77. The second-order valence-corrected chi connectivity index (χ2v) is 5.87. The van der Waals surface area contributed by atoms with E-state index in [0.717, 1.165) is 21.8 Å². The Morgan fingerprint density at radius 3 is 2.26 bits per heavy atom. The summed E-state index contributed by atoms with van der Waals surface area (Å²) in [5.41, 5.74) is 2.02. The first kappa shape index (κ1) is 14.0. The van der Waals surface area contributed by atoms with Crippen LogP contribution in [0.2, 0.25) is 0 Å². The van der Waals surface area contributed by atoms with Crippen molar-refractivity contribution in [3.8, 4) is 0 Å². The minimum atomic E-state index is -5.69. The number of hydrogen-bond acceptors (Lipinski definition) is 6. The Hall–Kier alpha value is -1.39. The van der Waals surface area contributed by atoms with Crippen LogP contribution < -0.4 is 30.4 Å². The summed E-state index contributed by atoms with van der Waals surface area (Å²) in [5.74, 6) is 0. The average Bonchev–Trinajstić information content (AvgIpc) is 2.37. The zero-order valence-corrected chi connectivity index (χ0v) is 11.7. The Morgan fingerprint density at radius 2 is 1.53 bits per heavy atom. The largest absolute Gasteiger partial charge is 0.368 e. The van der Waals surface area contributed by atoms with Crippen LogP contribution in [0.3, 0.4) is 0 Å². The lowest BCUT2D eigenvalue weighted by Gasteiger charge is -2.00. The second kappa shape index (κ2) is 5.72. The molecule has 0 spiro atoms. The predicted octanol–water partition coefficient (Wildman–Crippen LogP) is -4.34. The highest BCUT2D eigenvalue weighted by Crippen LogP contribution is 2.20. The lowest BCUT2D eigenvalue weighted by molar-refractivity contribution is -1.92. The van der Waals surface area contributed by atoms with Gasteiger partial charge in [-0.15, -0.1) is 0 Å². The van der Waals surface area contributed by atoms with Crippen molar-refractivity contribution in [1.82, 2.24) is 9.97 Å². The molecule has 0 saturated carbocycles. The summed E-state index contributed by atoms with van der Waals surface area (Å²) in [6.07, 6.45) is 3.62. The summed E-state index contributed by atoms with van der Waals surface area (Å²) >= 11 is -5.69. The lowest BCUT2D eigenvalue weighted by atomic mass is 10.1. The summed E-state index contributed by atoms with van der Waals surface area (Å²) in [7, 11) is 0. The van der Waals surface area contributed by atoms with Gasteiger partial charge in [-0.05, 0) is 24.3 Å². The molecular formula is C12H9IN2O4. The summed E-state index contributed by atoms with van der Waals surface area (Å²) in [6.45, 7) is 0. The number of hydrogen-bond donors (Lipinski definition) is 1. The highest BCUT2D eigenvalue weighted by atomic mass is 127. The Kier molecular flexibility index (Phi) is 4.22. The minimum Gasteiger partial charge on any atom is -0.256 e. The second-order valence-electron chi connectivity index (χ2n) is 3.61. The van der Waals surface area contributed by atoms with E-state index in [4.69, 9.17) is 13.7 Å². The zero-order valence-electron chi connectivity index (χ0n) is 9.56. The Morgan fingerprint density at radius 1 is 0.895 bits per heavy atom. The number of pyridine rings is 2. The van der Waals surface area contributed by atoms with Gasteiger partial charge in [-0.25, -0.2) is 0 Å². The highest BCUT2D eigenvalue weighted by Gasteiger charge is 2.11. The smallest absolute Gasteiger partial charge is 0.256 e. The molecule has 0 amide bonds. The fourth-order valence-corrected chi connectivity index (χ4v) is 1.70. The Bertz CT molecular complexity index is 639. The van der Waals surface area contributed by atoms with E-state index in [1.54, 1.807) is 6.20 Å². The molecule has 0 radical (unpaired) electrons. The van der Waals surface area contributed by atoms with E-state index in [-0.39, 0.29) is 0 Å². The molecule has 0 unspecified atom stereocenters. The monoisotopic (exact) mass is 372 g/mol. The zero-order chi connectivity index (χ0) is 13.9. The molecule has 0 aliphatic carbocycles. The Balaban J connectivity index is 0.000000232. The number of rotatable bonds is 0. The van der Waals surface area contributed by atoms with Crippen molar-refractivity contribution in [1.29, 1.82) is 0 Å². The van der Waals surface area contributed by atoms with Crippen LogP contribution in [0.25, 0.3) is 21.8 Å². The van der Waals surface area contributed by atoms with E-state index in [1.807, 2.05) is 24.4 Å². The van der Waals surface area contributed by atoms with Gasteiger partial charge in [0.15, 0.2) is 0 Å². The molecule has 0 aliphatic heterocycles. The third kappa shape index (κ3) is 4.04. The molecule has 0 bridgehead atoms. The minimum absolute atomic E-state index is 0.999. The molecule has 19 heavy (non-hydrogen) atoms. The summed E-state index contributed by atoms with van der Waals surface area (Å²) in [4.78, 5) is 8.66. The number of halogens is 1. The molecule has 7 heteroatoms. The SMILES string of the molecule is [O-][I+3]([O-])([O-])O.c1cnc2c(c1)ccc1ncccc12. The number of fused-ring (bicyclic) bond motifs is 3. The quantitative estimate of drug-likeness (QED) is 0.315. The van der Waals surface area contributed by atoms with Crippen LogP contribution in [0.15, 0.2) is 48.8 Å². The van der Waals surface area contributed by atoms with Gasteiger partial charge < -0.3 is 0 Å². The van der Waals surface area contributed by atoms with E-state index in [0.29, 0.717) is 0 Å². The van der Waals surface area contributed by atoms with Crippen LogP contribution in [0.4, 0.5) is 0 Å². The normalized spacial score (nSPS) is 11.2. The summed E-state index contributed by atoms with van der Waals surface area (Å²) < 4.78 is 33.2. The van der Waals surface area contributed by atoms with Crippen molar-refractivity contribution in [3.05, 3.63) is 48.8 Å².